The molecule has 1 saturated heterocycles. The minimum atomic E-state index is 0.758. The van der Waals surface area contributed by atoms with Crippen molar-refractivity contribution < 1.29 is 0 Å². The number of nitrogens with zero attached hydrogens (tertiary/aromatic N) is 3. The Labute approximate surface area is 86.2 Å². The van der Waals surface area contributed by atoms with Crippen LogP contribution in [0.25, 0.3) is 0 Å². The molecule has 0 aliphatic carbocycles. The van der Waals surface area contributed by atoms with Gasteiger partial charge < -0.3 is 9.80 Å². The van der Waals surface area contributed by atoms with Crippen molar-refractivity contribution in [2.45, 2.75) is 0 Å². The van der Waals surface area contributed by atoms with Crippen LogP contribution in [0.15, 0.2) is 0 Å². The van der Waals surface area contributed by atoms with E-state index in [0.29, 0.717) is 0 Å². The Morgan fingerprint density at radius 3 is 2.62 bits per heavy atom. The van der Waals surface area contributed by atoms with E-state index in [2.05, 4.69) is 27.0 Å². The lowest BCUT2D eigenvalue weighted by atomic mass is 10.3. The number of anilines is 1. The number of aromatic nitrogens is 2. The van der Waals surface area contributed by atoms with E-state index < -0.39 is 0 Å². The van der Waals surface area contributed by atoms with Crippen LogP contribution < -0.4 is 4.90 Å². The summed E-state index contributed by atoms with van der Waals surface area (Å²) in [6.45, 7) is 4.30. The maximum Gasteiger partial charge on any atom is 0.207 e. The predicted molar refractivity (Wildman–Crippen MR) is 57.0 cm³/mol. The summed E-state index contributed by atoms with van der Waals surface area (Å²) < 4.78 is 0.758. The van der Waals surface area contributed by atoms with Gasteiger partial charge in [0.15, 0.2) is 3.95 Å². The molecule has 1 aromatic heterocycles. The van der Waals surface area contributed by atoms with Crippen molar-refractivity contribution in [3.8, 4) is 0 Å². The molecule has 0 bridgehead atoms. The van der Waals surface area contributed by atoms with Gasteiger partial charge in [0.05, 0.1) is 0 Å². The van der Waals surface area contributed by atoms with E-state index in [1.165, 1.54) is 0 Å². The highest BCUT2D eigenvalue weighted by atomic mass is 32.1. The van der Waals surface area contributed by atoms with Crippen LogP contribution in [0.2, 0.25) is 0 Å². The summed E-state index contributed by atoms with van der Waals surface area (Å²) in [4.78, 5) is 4.60. The van der Waals surface area contributed by atoms with Gasteiger partial charge in [-0.2, -0.15) is 0 Å². The molecule has 2 heterocycles. The Kier molecular flexibility index (Phi) is 2.61. The van der Waals surface area contributed by atoms with Crippen LogP contribution in [0.4, 0.5) is 5.13 Å². The lowest BCUT2D eigenvalue weighted by Gasteiger charge is -2.31. The molecule has 13 heavy (non-hydrogen) atoms. The average molecular weight is 216 g/mol. The molecule has 0 saturated carbocycles. The molecule has 2 rings (SSSR count). The Balaban J connectivity index is 2.06. The molecule has 4 nitrogen and oxygen atoms in total. The molecule has 1 aromatic rings. The van der Waals surface area contributed by atoms with E-state index in [9.17, 15) is 0 Å². The van der Waals surface area contributed by atoms with Gasteiger partial charge >= 0.3 is 0 Å². The van der Waals surface area contributed by atoms with Gasteiger partial charge in [-0.25, -0.2) is 0 Å². The lowest BCUT2D eigenvalue weighted by molar-refractivity contribution is 0.312. The largest absolute Gasteiger partial charge is 0.344 e. The van der Waals surface area contributed by atoms with Crippen LogP contribution in [0.1, 0.15) is 0 Å². The first kappa shape index (κ1) is 9.11. The molecular weight excluding hydrogens is 204 g/mol. The maximum absolute atomic E-state index is 4.99. The zero-order valence-corrected chi connectivity index (χ0v) is 9.12. The second-order valence-corrected chi connectivity index (χ2v) is 4.83. The van der Waals surface area contributed by atoms with E-state index in [4.69, 9.17) is 12.2 Å². The SMILES string of the molecule is CN1CCN(c2n[nH]c(=S)s2)CC1. The first-order chi connectivity index (χ1) is 6.25. The molecule has 0 amide bonds. The van der Waals surface area contributed by atoms with Crippen LogP contribution in [0.3, 0.4) is 0 Å². The third-order valence-electron chi connectivity index (χ3n) is 2.20. The van der Waals surface area contributed by atoms with Gasteiger partial charge in [0.2, 0.25) is 5.13 Å². The number of likely N-dealkylation sites (N-methyl/N-ethyl adjacent to an activating group) is 1. The van der Waals surface area contributed by atoms with Gasteiger partial charge in [0.1, 0.15) is 0 Å². The molecule has 0 unspecified atom stereocenters. The summed E-state index contributed by atoms with van der Waals surface area (Å²) in [5.74, 6) is 0. The summed E-state index contributed by atoms with van der Waals surface area (Å²) in [6.07, 6.45) is 0. The number of nitrogens with one attached hydrogen (secondary N) is 1. The molecule has 72 valence electrons. The Bertz CT molecular complexity index is 323. The summed E-state index contributed by atoms with van der Waals surface area (Å²) in [7, 11) is 2.14. The topological polar surface area (TPSA) is 35.2 Å². The van der Waals surface area contributed by atoms with Crippen molar-refractivity contribution in [3.05, 3.63) is 3.95 Å². The maximum atomic E-state index is 4.99. The number of piperazine rings is 1. The molecule has 1 aliphatic rings. The number of hydrogen-bond donors (Lipinski definition) is 1. The van der Waals surface area contributed by atoms with E-state index in [0.717, 1.165) is 35.3 Å². The molecule has 1 fully saturated rings. The van der Waals surface area contributed by atoms with Crippen molar-refractivity contribution in [2.24, 2.45) is 0 Å². The Morgan fingerprint density at radius 1 is 1.38 bits per heavy atom. The monoisotopic (exact) mass is 216 g/mol. The molecule has 0 aromatic carbocycles. The fraction of sp³-hybridized carbons (Fsp3) is 0.714. The van der Waals surface area contributed by atoms with Gasteiger partial charge in [0, 0.05) is 26.2 Å². The van der Waals surface area contributed by atoms with E-state index in [1.54, 1.807) is 11.3 Å². The number of rotatable bonds is 1. The number of hydrogen-bond acceptors (Lipinski definition) is 5. The quantitative estimate of drug-likeness (QED) is 0.709. The highest BCUT2D eigenvalue weighted by Gasteiger charge is 2.16. The fourth-order valence-corrected chi connectivity index (χ4v) is 2.28. The van der Waals surface area contributed by atoms with E-state index >= 15 is 0 Å². The van der Waals surface area contributed by atoms with E-state index in [1.807, 2.05) is 0 Å². The molecule has 1 N–H and O–H groups in total. The summed E-state index contributed by atoms with van der Waals surface area (Å²) in [5.41, 5.74) is 0. The third kappa shape index (κ3) is 2.07. The van der Waals surface area contributed by atoms with Crippen LogP contribution >= 0.6 is 23.6 Å². The van der Waals surface area contributed by atoms with Crippen molar-refractivity contribution in [2.75, 3.05) is 38.1 Å². The predicted octanol–water partition coefficient (Wildman–Crippen LogP) is 0.952. The average Bonchev–Trinajstić information content (AvgIpc) is 2.53. The third-order valence-corrected chi connectivity index (χ3v) is 3.35. The molecule has 6 heteroatoms. The zero-order valence-electron chi connectivity index (χ0n) is 7.49. The van der Waals surface area contributed by atoms with E-state index in [-0.39, 0.29) is 0 Å². The number of aromatic amines is 1. The lowest BCUT2D eigenvalue weighted by Crippen LogP contribution is -2.44. The Morgan fingerprint density at radius 2 is 2.08 bits per heavy atom. The highest BCUT2D eigenvalue weighted by Crippen LogP contribution is 2.18. The smallest absolute Gasteiger partial charge is 0.207 e. The van der Waals surface area contributed by atoms with Crippen LogP contribution in [-0.2, 0) is 0 Å². The van der Waals surface area contributed by atoms with Crippen molar-refractivity contribution >= 4 is 28.7 Å². The van der Waals surface area contributed by atoms with Gasteiger partial charge in [-0.05, 0) is 19.3 Å². The molecule has 0 spiro atoms. The van der Waals surface area contributed by atoms with Gasteiger partial charge in [-0.3, -0.25) is 5.10 Å². The standard InChI is InChI=1S/C7H12N4S2/c1-10-2-4-11(5-3-10)6-8-9-7(12)13-6/h2-5H2,1H3,(H,9,12). The van der Waals surface area contributed by atoms with Gasteiger partial charge in [-0.1, -0.05) is 11.3 Å². The van der Waals surface area contributed by atoms with Crippen molar-refractivity contribution in [1.29, 1.82) is 0 Å². The first-order valence-corrected chi connectivity index (χ1v) is 5.47. The Hall–Kier alpha value is -0.460. The molecule has 0 atom stereocenters. The second kappa shape index (κ2) is 3.73. The van der Waals surface area contributed by atoms with Crippen LogP contribution in [-0.4, -0.2) is 48.3 Å². The molecule has 0 radical (unpaired) electrons. The van der Waals surface area contributed by atoms with Crippen molar-refractivity contribution in [1.82, 2.24) is 15.1 Å². The van der Waals surface area contributed by atoms with Crippen LogP contribution in [0.5, 0.6) is 0 Å². The fourth-order valence-electron chi connectivity index (χ4n) is 1.36. The minimum absolute atomic E-state index is 0.758. The highest BCUT2D eigenvalue weighted by molar-refractivity contribution is 7.73. The zero-order chi connectivity index (χ0) is 9.26. The first-order valence-electron chi connectivity index (χ1n) is 4.25. The molecule has 1 aliphatic heterocycles. The normalized spacial score (nSPS) is 19.3. The van der Waals surface area contributed by atoms with Crippen molar-refractivity contribution in [3.63, 3.8) is 0 Å². The van der Waals surface area contributed by atoms with Gasteiger partial charge in [-0.15, -0.1) is 5.10 Å². The summed E-state index contributed by atoms with van der Waals surface area (Å²) in [6, 6.07) is 0. The number of H-pyrrole nitrogens is 1. The second-order valence-electron chi connectivity index (χ2n) is 3.19. The van der Waals surface area contributed by atoms with Gasteiger partial charge in [0.25, 0.3) is 0 Å². The minimum Gasteiger partial charge on any atom is -0.344 e. The summed E-state index contributed by atoms with van der Waals surface area (Å²) >= 11 is 6.54. The summed E-state index contributed by atoms with van der Waals surface area (Å²) in [5, 5.41) is 7.99. The molecular formula is C7H12N4S2. The van der Waals surface area contributed by atoms with Crippen LogP contribution in [0, 0.1) is 3.95 Å².